The number of benzene rings is 1. The number of rotatable bonds is 4. The number of hydrogen-bond acceptors (Lipinski definition) is 2. The van der Waals surface area contributed by atoms with E-state index in [-0.39, 0.29) is 5.11 Å². The van der Waals surface area contributed by atoms with Gasteiger partial charge in [-0.3, -0.25) is 4.79 Å². The number of carbonyl (C=O) groups excluding carboxylic acids is 1. The third-order valence-electron chi connectivity index (χ3n) is 2.21. The van der Waals surface area contributed by atoms with Crippen molar-refractivity contribution in [3.8, 4) is 0 Å². The largest absolute Gasteiger partial charge is 0.339 e. The Kier molecular flexibility index (Phi) is 7.71. The highest BCUT2D eigenvalue weighted by Crippen LogP contribution is 2.29. The van der Waals surface area contributed by atoms with Gasteiger partial charge in [-0.15, -0.1) is 0 Å². The topological polar surface area (TPSA) is 53.2 Å². The first kappa shape index (κ1) is 19.8. The molecule has 1 atom stereocenters. The molecule has 0 unspecified atom stereocenters. The van der Waals surface area contributed by atoms with E-state index in [9.17, 15) is 9.18 Å². The summed E-state index contributed by atoms with van der Waals surface area (Å²) in [6.45, 7) is -1.26. The smallest absolute Gasteiger partial charge is 0.253 e. The van der Waals surface area contributed by atoms with E-state index in [2.05, 4.69) is 16.0 Å². The average molecular weight is 428 g/mol. The highest BCUT2D eigenvalue weighted by molar-refractivity contribution is 7.80. The quantitative estimate of drug-likeness (QED) is 0.385. The Bertz CT molecular complexity index is 569. The molecule has 1 rings (SSSR count). The standard InChI is InChI=1S/C11H9Cl5FN3OS/c12-5-1-2-7(6(13)3-5)18-10(22)20-9(11(14,15)16)19-8(21)4-17/h1-3,9H,4H2,(H,19,21)(H2,18,20,22)/t9-/m0/s1. The third-order valence-corrected chi connectivity index (χ3v) is 3.63. The molecule has 0 aromatic heterocycles. The summed E-state index contributed by atoms with van der Waals surface area (Å²) in [5.41, 5.74) is 0.448. The second-order valence-corrected chi connectivity index (χ2v) is 7.52. The van der Waals surface area contributed by atoms with Gasteiger partial charge in [-0.25, -0.2) is 4.39 Å². The first-order chi connectivity index (χ1) is 10.1. The molecule has 4 nitrogen and oxygen atoms in total. The molecule has 0 bridgehead atoms. The SMILES string of the molecule is O=C(CF)N[C@@H](NC(=S)Nc1ccc(Cl)cc1Cl)C(Cl)(Cl)Cl. The van der Waals surface area contributed by atoms with Gasteiger partial charge in [0.15, 0.2) is 11.8 Å². The fourth-order valence-corrected chi connectivity index (χ4v) is 2.29. The molecule has 0 aliphatic heterocycles. The van der Waals surface area contributed by atoms with Crippen LogP contribution in [0.2, 0.25) is 10.0 Å². The Morgan fingerprint density at radius 3 is 2.41 bits per heavy atom. The average Bonchev–Trinajstić information content (AvgIpc) is 2.40. The van der Waals surface area contributed by atoms with E-state index in [0.29, 0.717) is 15.7 Å². The number of anilines is 1. The van der Waals surface area contributed by atoms with E-state index in [1.54, 1.807) is 12.1 Å². The van der Waals surface area contributed by atoms with Crippen LogP contribution in [0.25, 0.3) is 0 Å². The van der Waals surface area contributed by atoms with Crippen LogP contribution in [0.3, 0.4) is 0 Å². The molecule has 122 valence electrons. The Morgan fingerprint density at radius 1 is 1.27 bits per heavy atom. The zero-order valence-electron chi connectivity index (χ0n) is 10.6. The number of alkyl halides is 4. The lowest BCUT2D eigenvalue weighted by molar-refractivity contribution is -0.122. The van der Waals surface area contributed by atoms with Gasteiger partial charge in [0, 0.05) is 5.02 Å². The van der Waals surface area contributed by atoms with Crippen LogP contribution in [0, 0.1) is 0 Å². The molecule has 0 spiro atoms. The van der Waals surface area contributed by atoms with Crippen molar-refractivity contribution in [2.45, 2.75) is 9.96 Å². The second-order valence-electron chi connectivity index (χ2n) is 3.90. The lowest BCUT2D eigenvalue weighted by atomic mass is 10.3. The Morgan fingerprint density at radius 2 is 1.91 bits per heavy atom. The molecule has 0 aliphatic carbocycles. The summed E-state index contributed by atoms with van der Waals surface area (Å²) in [4.78, 5) is 11.1. The Labute approximate surface area is 156 Å². The van der Waals surface area contributed by atoms with E-state index < -0.39 is 22.5 Å². The molecule has 3 N–H and O–H groups in total. The minimum absolute atomic E-state index is 0.000273. The summed E-state index contributed by atoms with van der Waals surface area (Å²) in [7, 11) is 0. The minimum Gasteiger partial charge on any atom is -0.339 e. The maximum absolute atomic E-state index is 12.3. The molecular formula is C11H9Cl5FN3OS. The van der Waals surface area contributed by atoms with E-state index in [1.807, 2.05) is 0 Å². The molecule has 22 heavy (non-hydrogen) atoms. The van der Waals surface area contributed by atoms with Gasteiger partial charge < -0.3 is 16.0 Å². The molecule has 0 aliphatic rings. The van der Waals surface area contributed by atoms with Crippen LogP contribution in [0.15, 0.2) is 18.2 Å². The predicted octanol–water partition coefficient (Wildman–Crippen LogP) is 4.06. The number of hydrogen-bond donors (Lipinski definition) is 3. The van der Waals surface area contributed by atoms with Crippen molar-refractivity contribution in [3.63, 3.8) is 0 Å². The van der Waals surface area contributed by atoms with Crippen LogP contribution in [0.4, 0.5) is 10.1 Å². The summed E-state index contributed by atoms with van der Waals surface area (Å²) >= 11 is 33.9. The van der Waals surface area contributed by atoms with Gasteiger partial charge in [-0.2, -0.15) is 0 Å². The lowest BCUT2D eigenvalue weighted by Gasteiger charge is -2.27. The molecule has 1 amide bonds. The van der Waals surface area contributed by atoms with Gasteiger partial charge in [0.2, 0.25) is 3.79 Å². The summed E-state index contributed by atoms with van der Waals surface area (Å²) in [6, 6.07) is 4.68. The van der Waals surface area contributed by atoms with Crippen molar-refractivity contribution in [2.75, 3.05) is 12.0 Å². The molecule has 0 heterocycles. The van der Waals surface area contributed by atoms with Crippen molar-refractivity contribution in [3.05, 3.63) is 28.2 Å². The Balaban J connectivity index is 2.76. The van der Waals surface area contributed by atoms with E-state index >= 15 is 0 Å². The molecule has 1 aromatic rings. The van der Waals surface area contributed by atoms with Crippen LogP contribution in [0.5, 0.6) is 0 Å². The molecule has 0 saturated carbocycles. The number of amides is 1. The van der Waals surface area contributed by atoms with Gasteiger partial charge in [-0.1, -0.05) is 58.0 Å². The molecule has 0 saturated heterocycles. The summed E-state index contributed by atoms with van der Waals surface area (Å²) in [5.74, 6) is -0.962. The van der Waals surface area contributed by atoms with Crippen molar-refractivity contribution in [1.29, 1.82) is 0 Å². The predicted molar refractivity (Wildman–Crippen MR) is 94.0 cm³/mol. The molecule has 0 fully saturated rings. The van der Waals surface area contributed by atoms with Crippen LogP contribution in [-0.4, -0.2) is 27.7 Å². The van der Waals surface area contributed by atoms with Crippen LogP contribution in [0.1, 0.15) is 0 Å². The Hall–Kier alpha value is -0.240. The number of halogens is 6. The van der Waals surface area contributed by atoms with Crippen LogP contribution in [-0.2, 0) is 4.79 Å². The number of thiocarbonyl (C=S) groups is 1. The fourth-order valence-electron chi connectivity index (χ4n) is 1.28. The van der Waals surface area contributed by atoms with Crippen molar-refractivity contribution in [2.24, 2.45) is 0 Å². The van der Waals surface area contributed by atoms with Gasteiger partial charge in [0.25, 0.3) is 5.91 Å². The monoisotopic (exact) mass is 425 g/mol. The van der Waals surface area contributed by atoms with E-state index in [4.69, 9.17) is 70.2 Å². The third kappa shape index (κ3) is 6.48. The normalized spacial score (nSPS) is 12.5. The van der Waals surface area contributed by atoms with Gasteiger partial charge in [-0.05, 0) is 30.4 Å². The van der Waals surface area contributed by atoms with E-state index in [1.165, 1.54) is 6.07 Å². The maximum atomic E-state index is 12.3. The first-order valence-electron chi connectivity index (χ1n) is 5.58. The van der Waals surface area contributed by atoms with Crippen LogP contribution < -0.4 is 16.0 Å². The van der Waals surface area contributed by atoms with E-state index in [0.717, 1.165) is 0 Å². The van der Waals surface area contributed by atoms with Crippen molar-refractivity contribution >= 4 is 86.9 Å². The second kappa shape index (κ2) is 8.57. The van der Waals surface area contributed by atoms with Gasteiger partial charge in [0.05, 0.1) is 10.7 Å². The summed E-state index contributed by atoms with van der Waals surface area (Å²) in [6.07, 6.45) is -1.24. The zero-order chi connectivity index (χ0) is 16.9. The lowest BCUT2D eigenvalue weighted by Crippen LogP contribution is -2.56. The van der Waals surface area contributed by atoms with Crippen molar-refractivity contribution in [1.82, 2.24) is 10.6 Å². The summed E-state index contributed by atoms with van der Waals surface area (Å²) < 4.78 is 10.3. The highest BCUT2D eigenvalue weighted by Gasteiger charge is 2.34. The number of carbonyl (C=O) groups is 1. The zero-order valence-corrected chi connectivity index (χ0v) is 15.2. The molecule has 11 heteroatoms. The first-order valence-corrected chi connectivity index (χ1v) is 7.88. The minimum atomic E-state index is -1.96. The number of nitrogens with one attached hydrogen (secondary N) is 3. The van der Waals surface area contributed by atoms with Gasteiger partial charge in [0.1, 0.15) is 6.17 Å². The summed E-state index contributed by atoms with van der Waals surface area (Å²) in [5, 5.41) is 8.19. The molecular weight excluding hydrogens is 418 g/mol. The molecule has 0 radical (unpaired) electrons. The van der Waals surface area contributed by atoms with Crippen molar-refractivity contribution < 1.29 is 9.18 Å². The van der Waals surface area contributed by atoms with Gasteiger partial charge >= 0.3 is 0 Å². The highest BCUT2D eigenvalue weighted by atomic mass is 35.6. The fraction of sp³-hybridized carbons (Fsp3) is 0.273. The van der Waals surface area contributed by atoms with Crippen LogP contribution >= 0.6 is 70.2 Å². The maximum Gasteiger partial charge on any atom is 0.253 e. The molecule has 1 aromatic carbocycles.